The van der Waals surface area contributed by atoms with Crippen LogP contribution in [-0.4, -0.2) is 24.9 Å². The summed E-state index contributed by atoms with van der Waals surface area (Å²) >= 11 is 1.14. The monoisotopic (exact) mass is 310 g/mol. The molecule has 1 rings (SSSR count). The zero-order valence-corrected chi connectivity index (χ0v) is 13.2. The van der Waals surface area contributed by atoms with Crippen molar-refractivity contribution < 1.29 is 9.59 Å². The minimum Gasteiger partial charge on any atom is -0.397 e. The molecule has 21 heavy (non-hydrogen) atoms. The van der Waals surface area contributed by atoms with Crippen LogP contribution in [0.3, 0.4) is 0 Å². The highest BCUT2D eigenvalue weighted by Crippen LogP contribution is 2.35. The van der Waals surface area contributed by atoms with Gasteiger partial charge < -0.3 is 22.1 Å². The van der Waals surface area contributed by atoms with Gasteiger partial charge in [0.15, 0.2) is 0 Å². The van der Waals surface area contributed by atoms with Crippen LogP contribution in [0.4, 0.5) is 10.7 Å². The van der Waals surface area contributed by atoms with Gasteiger partial charge in [0.25, 0.3) is 11.8 Å². The summed E-state index contributed by atoms with van der Waals surface area (Å²) in [6, 6.07) is 0. The van der Waals surface area contributed by atoms with Crippen molar-refractivity contribution in [1.82, 2.24) is 5.32 Å². The van der Waals surface area contributed by atoms with Crippen LogP contribution < -0.4 is 22.1 Å². The van der Waals surface area contributed by atoms with E-state index in [2.05, 4.69) is 31.1 Å². The molecule has 0 atom stereocenters. The number of amides is 2. The van der Waals surface area contributed by atoms with Crippen LogP contribution in [0.2, 0.25) is 0 Å². The lowest BCUT2D eigenvalue weighted by molar-refractivity contribution is 0.0962. The molecule has 0 unspecified atom stereocenters. The van der Waals surface area contributed by atoms with E-state index in [0.717, 1.165) is 17.8 Å². The summed E-state index contributed by atoms with van der Waals surface area (Å²) < 4.78 is 0. The molecule has 0 aromatic carbocycles. The predicted octanol–water partition coefficient (Wildman–Crippen LogP) is 1.80. The molecule has 0 saturated heterocycles. The van der Waals surface area contributed by atoms with Crippen molar-refractivity contribution >= 4 is 33.8 Å². The van der Waals surface area contributed by atoms with Gasteiger partial charge in [0, 0.05) is 13.1 Å². The molecule has 6 N–H and O–H groups in total. The van der Waals surface area contributed by atoms with Crippen LogP contribution in [0.25, 0.3) is 0 Å². The van der Waals surface area contributed by atoms with Crippen LogP contribution in [0.15, 0.2) is 12.7 Å². The minimum absolute atomic E-state index is 0.126. The lowest BCUT2D eigenvalue weighted by Crippen LogP contribution is -2.23. The predicted molar refractivity (Wildman–Crippen MR) is 87.7 cm³/mol. The van der Waals surface area contributed by atoms with Gasteiger partial charge in [0.2, 0.25) is 0 Å². The number of hydrogen-bond donors (Lipinski definition) is 4. The first-order valence-electron chi connectivity index (χ1n) is 6.73. The third-order valence-electron chi connectivity index (χ3n) is 2.81. The largest absolute Gasteiger partial charge is 0.397 e. The van der Waals surface area contributed by atoms with Gasteiger partial charge in [-0.15, -0.1) is 17.9 Å². The molecule has 0 aliphatic rings. The standard InChI is InChI=1S/C14H22N4O2S/c1-4-6-17-13(20)11-10(15)9(12(16)19)14(21-11)18-7-5-8(2)3/h4,8,18H,1,5-7,15H2,2-3H3,(H2,16,19)(H,17,20). The Morgan fingerprint density at radius 1 is 1.43 bits per heavy atom. The van der Waals surface area contributed by atoms with Crippen molar-refractivity contribution in [2.75, 3.05) is 24.1 Å². The fraction of sp³-hybridized carbons (Fsp3) is 0.429. The Bertz CT molecular complexity index is 537. The van der Waals surface area contributed by atoms with E-state index < -0.39 is 5.91 Å². The molecule has 1 aromatic rings. The Kier molecular flexibility index (Phi) is 6.23. The first-order valence-corrected chi connectivity index (χ1v) is 7.55. The Morgan fingerprint density at radius 2 is 2.10 bits per heavy atom. The minimum atomic E-state index is -0.640. The average Bonchev–Trinajstić information content (AvgIpc) is 2.72. The average molecular weight is 310 g/mol. The van der Waals surface area contributed by atoms with Crippen molar-refractivity contribution in [2.24, 2.45) is 11.7 Å². The second-order valence-corrected chi connectivity index (χ2v) is 6.04. The topological polar surface area (TPSA) is 110 Å². The van der Waals surface area contributed by atoms with Crippen molar-refractivity contribution in [3.8, 4) is 0 Å². The zero-order valence-electron chi connectivity index (χ0n) is 12.4. The zero-order chi connectivity index (χ0) is 16.0. The van der Waals surface area contributed by atoms with Crippen LogP contribution >= 0.6 is 11.3 Å². The van der Waals surface area contributed by atoms with E-state index in [1.54, 1.807) is 6.08 Å². The maximum atomic E-state index is 12.0. The van der Waals surface area contributed by atoms with Gasteiger partial charge in [0.1, 0.15) is 9.88 Å². The molecule has 0 radical (unpaired) electrons. The number of nitrogens with two attached hydrogens (primary N) is 2. The van der Waals surface area contributed by atoms with Gasteiger partial charge in [-0.3, -0.25) is 9.59 Å². The number of anilines is 2. The molecule has 0 spiro atoms. The number of hydrogen-bond acceptors (Lipinski definition) is 5. The molecule has 0 fully saturated rings. The molecule has 0 aliphatic carbocycles. The summed E-state index contributed by atoms with van der Waals surface area (Å²) in [5.74, 6) is -0.447. The number of carbonyl (C=O) groups is 2. The van der Waals surface area contributed by atoms with Gasteiger partial charge in [0.05, 0.1) is 11.3 Å². The number of nitrogens with one attached hydrogen (secondary N) is 2. The van der Waals surface area contributed by atoms with E-state index in [1.165, 1.54) is 0 Å². The Morgan fingerprint density at radius 3 is 2.62 bits per heavy atom. The number of rotatable bonds is 8. The highest BCUT2D eigenvalue weighted by molar-refractivity contribution is 7.19. The normalized spacial score (nSPS) is 10.4. The summed E-state index contributed by atoms with van der Waals surface area (Å²) in [7, 11) is 0. The van der Waals surface area contributed by atoms with Gasteiger partial charge in [-0.25, -0.2) is 0 Å². The molecule has 0 bridgehead atoms. The maximum Gasteiger partial charge on any atom is 0.263 e. The van der Waals surface area contributed by atoms with Gasteiger partial charge >= 0.3 is 0 Å². The molecule has 7 heteroatoms. The van der Waals surface area contributed by atoms with Crippen molar-refractivity contribution in [3.05, 3.63) is 23.1 Å². The number of nitrogen functional groups attached to an aromatic ring is 1. The molecule has 6 nitrogen and oxygen atoms in total. The van der Waals surface area contributed by atoms with Crippen molar-refractivity contribution in [1.29, 1.82) is 0 Å². The molecular formula is C14H22N4O2S. The van der Waals surface area contributed by atoms with E-state index in [1.807, 2.05) is 0 Å². The summed E-state index contributed by atoms with van der Waals surface area (Å²) in [4.78, 5) is 23.8. The lowest BCUT2D eigenvalue weighted by Gasteiger charge is -2.07. The quantitative estimate of drug-likeness (QED) is 0.549. The van der Waals surface area contributed by atoms with E-state index in [9.17, 15) is 9.59 Å². The summed E-state index contributed by atoms with van der Waals surface area (Å²) in [6.07, 6.45) is 2.51. The first kappa shape index (κ1) is 17.0. The molecular weight excluding hydrogens is 288 g/mol. The lowest BCUT2D eigenvalue weighted by atomic mass is 10.1. The van der Waals surface area contributed by atoms with Crippen molar-refractivity contribution in [3.63, 3.8) is 0 Å². The fourth-order valence-electron chi connectivity index (χ4n) is 1.70. The number of thiophene rings is 1. The van der Waals surface area contributed by atoms with Crippen molar-refractivity contribution in [2.45, 2.75) is 20.3 Å². The van der Waals surface area contributed by atoms with Crippen LogP contribution in [-0.2, 0) is 0 Å². The van der Waals surface area contributed by atoms with Gasteiger partial charge in [-0.05, 0) is 12.3 Å². The second kappa shape index (κ2) is 7.68. The molecule has 0 aliphatic heterocycles. The van der Waals surface area contributed by atoms with Gasteiger partial charge in [-0.1, -0.05) is 19.9 Å². The molecule has 2 amide bonds. The fourth-order valence-corrected chi connectivity index (χ4v) is 2.77. The third kappa shape index (κ3) is 4.49. The molecule has 116 valence electrons. The molecule has 1 aromatic heterocycles. The first-order chi connectivity index (χ1) is 9.88. The van der Waals surface area contributed by atoms with E-state index in [4.69, 9.17) is 11.5 Å². The highest BCUT2D eigenvalue weighted by atomic mass is 32.1. The summed E-state index contributed by atoms with van der Waals surface area (Å²) in [5, 5.41) is 6.32. The van der Waals surface area contributed by atoms with Crippen LogP contribution in [0.5, 0.6) is 0 Å². The Balaban J connectivity index is 2.99. The maximum absolute atomic E-state index is 12.0. The number of primary amides is 1. The SMILES string of the molecule is C=CCNC(=O)c1sc(NCCC(C)C)c(C(N)=O)c1N. The molecule has 1 heterocycles. The van der Waals surface area contributed by atoms with Crippen LogP contribution in [0, 0.1) is 5.92 Å². The van der Waals surface area contributed by atoms with E-state index in [-0.39, 0.29) is 22.0 Å². The van der Waals surface area contributed by atoms with E-state index >= 15 is 0 Å². The molecule has 0 saturated carbocycles. The summed E-state index contributed by atoms with van der Waals surface area (Å²) in [6.45, 7) is 8.75. The van der Waals surface area contributed by atoms with Gasteiger partial charge in [-0.2, -0.15) is 0 Å². The second-order valence-electron chi connectivity index (χ2n) is 5.02. The third-order valence-corrected chi connectivity index (χ3v) is 3.97. The summed E-state index contributed by atoms with van der Waals surface area (Å²) in [5.41, 5.74) is 11.6. The Hall–Kier alpha value is -2.02. The number of carbonyl (C=O) groups excluding carboxylic acids is 2. The highest BCUT2D eigenvalue weighted by Gasteiger charge is 2.23. The smallest absolute Gasteiger partial charge is 0.263 e. The Labute approximate surface area is 128 Å². The van der Waals surface area contributed by atoms with E-state index in [0.29, 0.717) is 24.0 Å². The van der Waals surface area contributed by atoms with Crippen LogP contribution in [0.1, 0.15) is 40.3 Å².